The fourth-order valence-electron chi connectivity index (χ4n) is 1.57. The van der Waals surface area contributed by atoms with Crippen LogP contribution >= 0.6 is 39.1 Å². The largest absolute Gasteiger partial charge is 0.452 e. The molecule has 114 valence electrons. The highest BCUT2D eigenvalue weighted by Gasteiger charge is 2.12. The zero-order valence-corrected chi connectivity index (χ0v) is 14.2. The van der Waals surface area contributed by atoms with Crippen LogP contribution in [0.25, 0.3) is 0 Å². The first kappa shape index (κ1) is 16.8. The number of esters is 1. The third-order valence-electron chi connectivity index (χ3n) is 2.62. The van der Waals surface area contributed by atoms with Gasteiger partial charge < -0.3 is 10.1 Å². The monoisotopic (exact) mass is 401 g/mol. The third-order valence-corrected chi connectivity index (χ3v) is 3.89. The van der Waals surface area contributed by atoms with Gasteiger partial charge >= 0.3 is 5.97 Å². The van der Waals surface area contributed by atoms with Crippen molar-refractivity contribution in [1.29, 1.82) is 0 Å². The van der Waals surface area contributed by atoms with Crippen molar-refractivity contribution in [3.05, 3.63) is 62.5 Å². The molecule has 4 nitrogen and oxygen atoms in total. The summed E-state index contributed by atoms with van der Waals surface area (Å²) < 4.78 is 5.82. The lowest BCUT2D eigenvalue weighted by Crippen LogP contribution is -2.20. The van der Waals surface area contributed by atoms with E-state index in [-0.39, 0.29) is 10.6 Å². The van der Waals surface area contributed by atoms with Crippen LogP contribution in [0, 0.1) is 0 Å². The number of amides is 1. The van der Waals surface area contributed by atoms with Crippen molar-refractivity contribution in [2.24, 2.45) is 0 Å². The van der Waals surface area contributed by atoms with Crippen LogP contribution in [-0.2, 0) is 9.53 Å². The number of nitrogens with one attached hydrogen (secondary N) is 1. The molecule has 0 aromatic heterocycles. The highest BCUT2D eigenvalue weighted by atomic mass is 79.9. The Labute approximate surface area is 145 Å². The summed E-state index contributed by atoms with van der Waals surface area (Å²) in [5, 5.41) is 3.20. The van der Waals surface area contributed by atoms with Crippen molar-refractivity contribution in [2.45, 2.75) is 0 Å². The van der Waals surface area contributed by atoms with Gasteiger partial charge in [-0.2, -0.15) is 0 Å². The van der Waals surface area contributed by atoms with E-state index < -0.39 is 18.5 Å². The first-order chi connectivity index (χ1) is 10.5. The van der Waals surface area contributed by atoms with E-state index in [0.717, 1.165) is 4.47 Å². The predicted octanol–water partition coefficient (Wildman–Crippen LogP) is 4.55. The molecule has 0 bridgehead atoms. The SMILES string of the molecule is O=C(COC(=O)c1ccc(Cl)c(Cl)c1)Nc1ccc(Br)cc1. The number of carbonyl (C=O) groups excluding carboxylic acids is 2. The Hall–Kier alpha value is -1.56. The molecule has 0 saturated heterocycles. The smallest absolute Gasteiger partial charge is 0.338 e. The second-order valence-corrected chi connectivity index (χ2v) is 5.99. The molecular formula is C15H10BrCl2NO3. The average Bonchev–Trinajstić information content (AvgIpc) is 2.50. The number of rotatable bonds is 4. The zero-order chi connectivity index (χ0) is 16.1. The molecule has 0 spiro atoms. The van der Waals surface area contributed by atoms with Crippen LogP contribution in [-0.4, -0.2) is 18.5 Å². The van der Waals surface area contributed by atoms with E-state index in [2.05, 4.69) is 21.2 Å². The van der Waals surface area contributed by atoms with Crippen LogP contribution < -0.4 is 5.32 Å². The van der Waals surface area contributed by atoms with Crippen molar-refractivity contribution in [2.75, 3.05) is 11.9 Å². The Bertz CT molecular complexity index is 704. The number of hydrogen-bond donors (Lipinski definition) is 1. The Morgan fingerprint density at radius 3 is 2.36 bits per heavy atom. The number of halogens is 3. The second-order valence-electron chi connectivity index (χ2n) is 4.26. The fourth-order valence-corrected chi connectivity index (χ4v) is 2.13. The molecule has 0 aliphatic heterocycles. The van der Waals surface area contributed by atoms with Crippen LogP contribution in [0.2, 0.25) is 10.0 Å². The first-order valence-electron chi connectivity index (χ1n) is 6.13. The summed E-state index contributed by atoms with van der Waals surface area (Å²) in [7, 11) is 0. The van der Waals surface area contributed by atoms with Gasteiger partial charge in [0.25, 0.3) is 5.91 Å². The van der Waals surface area contributed by atoms with Crippen LogP contribution in [0.3, 0.4) is 0 Å². The number of benzene rings is 2. The summed E-state index contributed by atoms with van der Waals surface area (Å²) in [6.07, 6.45) is 0. The van der Waals surface area contributed by atoms with Crippen LogP contribution in [0.4, 0.5) is 5.69 Å². The molecule has 0 heterocycles. The van der Waals surface area contributed by atoms with Gasteiger partial charge in [-0.1, -0.05) is 39.1 Å². The van der Waals surface area contributed by atoms with E-state index in [4.69, 9.17) is 27.9 Å². The molecular weight excluding hydrogens is 393 g/mol. The molecule has 2 rings (SSSR count). The maximum Gasteiger partial charge on any atom is 0.338 e. The maximum atomic E-state index is 11.8. The summed E-state index contributed by atoms with van der Waals surface area (Å²) in [5.74, 6) is -1.08. The van der Waals surface area contributed by atoms with Crippen LogP contribution in [0.5, 0.6) is 0 Å². The predicted molar refractivity (Wildman–Crippen MR) is 89.5 cm³/mol. The normalized spacial score (nSPS) is 10.1. The molecule has 1 amide bonds. The van der Waals surface area contributed by atoms with Crippen molar-refractivity contribution >= 4 is 56.7 Å². The topological polar surface area (TPSA) is 55.4 Å². The molecule has 0 saturated carbocycles. The number of anilines is 1. The second kappa shape index (κ2) is 7.63. The van der Waals surface area contributed by atoms with E-state index in [0.29, 0.717) is 10.7 Å². The number of carbonyl (C=O) groups is 2. The van der Waals surface area contributed by atoms with Crippen molar-refractivity contribution in [3.63, 3.8) is 0 Å². The van der Waals surface area contributed by atoms with E-state index in [1.807, 2.05) is 0 Å². The molecule has 0 radical (unpaired) electrons. The van der Waals surface area contributed by atoms with Crippen LogP contribution in [0.15, 0.2) is 46.9 Å². The lowest BCUT2D eigenvalue weighted by molar-refractivity contribution is -0.119. The Kier molecular flexibility index (Phi) is 5.83. The number of ether oxygens (including phenoxy) is 1. The lowest BCUT2D eigenvalue weighted by atomic mass is 10.2. The van der Waals surface area contributed by atoms with Gasteiger partial charge in [0.05, 0.1) is 15.6 Å². The van der Waals surface area contributed by atoms with Gasteiger partial charge in [0.1, 0.15) is 0 Å². The summed E-state index contributed by atoms with van der Waals surface area (Å²) in [6, 6.07) is 11.4. The summed E-state index contributed by atoms with van der Waals surface area (Å²) in [4.78, 5) is 23.5. The van der Waals surface area contributed by atoms with E-state index >= 15 is 0 Å². The van der Waals surface area contributed by atoms with Gasteiger partial charge in [0.2, 0.25) is 0 Å². The van der Waals surface area contributed by atoms with Gasteiger partial charge in [-0.05, 0) is 42.5 Å². The lowest BCUT2D eigenvalue weighted by Gasteiger charge is -2.07. The quantitative estimate of drug-likeness (QED) is 0.763. The van der Waals surface area contributed by atoms with Crippen molar-refractivity contribution in [1.82, 2.24) is 0 Å². The van der Waals surface area contributed by atoms with Crippen molar-refractivity contribution < 1.29 is 14.3 Å². The van der Waals surface area contributed by atoms with Gasteiger partial charge in [-0.15, -0.1) is 0 Å². The molecule has 0 fully saturated rings. The van der Waals surface area contributed by atoms with Gasteiger partial charge in [-0.25, -0.2) is 4.79 Å². The molecule has 0 atom stereocenters. The molecule has 0 unspecified atom stereocenters. The van der Waals surface area contributed by atoms with Crippen molar-refractivity contribution in [3.8, 4) is 0 Å². The minimum atomic E-state index is -0.649. The summed E-state index contributed by atoms with van der Waals surface area (Å²) >= 11 is 14.9. The Morgan fingerprint density at radius 1 is 1.05 bits per heavy atom. The number of hydrogen-bond acceptors (Lipinski definition) is 3. The van der Waals surface area contributed by atoms with E-state index in [9.17, 15) is 9.59 Å². The Morgan fingerprint density at radius 2 is 1.73 bits per heavy atom. The van der Waals surface area contributed by atoms with Gasteiger partial charge in [0, 0.05) is 10.2 Å². The van der Waals surface area contributed by atoms with Gasteiger partial charge in [0.15, 0.2) is 6.61 Å². The zero-order valence-electron chi connectivity index (χ0n) is 11.1. The van der Waals surface area contributed by atoms with Gasteiger partial charge in [-0.3, -0.25) is 4.79 Å². The average molecular weight is 403 g/mol. The molecule has 1 N–H and O–H groups in total. The van der Waals surface area contributed by atoms with E-state index in [1.54, 1.807) is 24.3 Å². The highest BCUT2D eigenvalue weighted by Crippen LogP contribution is 2.22. The Balaban J connectivity index is 1.88. The molecule has 0 aliphatic rings. The molecule has 0 aliphatic carbocycles. The molecule has 22 heavy (non-hydrogen) atoms. The first-order valence-corrected chi connectivity index (χ1v) is 7.68. The highest BCUT2D eigenvalue weighted by molar-refractivity contribution is 9.10. The summed E-state index contributed by atoms with van der Waals surface area (Å²) in [6.45, 7) is -0.394. The molecule has 2 aromatic rings. The fraction of sp³-hybridized carbons (Fsp3) is 0.0667. The maximum absolute atomic E-state index is 11.8. The van der Waals surface area contributed by atoms with E-state index in [1.165, 1.54) is 18.2 Å². The minimum Gasteiger partial charge on any atom is -0.452 e. The minimum absolute atomic E-state index is 0.228. The molecule has 2 aromatic carbocycles. The summed E-state index contributed by atoms with van der Waals surface area (Å²) in [5.41, 5.74) is 0.838. The standard InChI is InChI=1S/C15H10BrCl2NO3/c16-10-2-4-11(5-3-10)19-14(20)8-22-15(21)9-1-6-12(17)13(18)7-9/h1-7H,8H2,(H,19,20). The molecule has 7 heteroatoms. The third kappa shape index (κ3) is 4.73. The van der Waals surface area contributed by atoms with Crippen LogP contribution in [0.1, 0.15) is 10.4 Å².